The van der Waals surface area contributed by atoms with Crippen molar-refractivity contribution in [3.05, 3.63) is 35.9 Å². The highest BCUT2D eigenvalue weighted by Gasteiger charge is 2.14. The summed E-state index contributed by atoms with van der Waals surface area (Å²) >= 11 is 0. The molecule has 2 rings (SSSR count). The van der Waals surface area contributed by atoms with E-state index in [0.717, 1.165) is 12.6 Å². The quantitative estimate of drug-likeness (QED) is 0.874. The maximum atomic E-state index is 3.76. The van der Waals surface area contributed by atoms with Crippen molar-refractivity contribution in [2.24, 2.45) is 0 Å². The third-order valence-corrected chi connectivity index (χ3v) is 4.33. The topological polar surface area (TPSA) is 15.3 Å². The fourth-order valence-electron chi connectivity index (χ4n) is 2.90. The van der Waals surface area contributed by atoms with Crippen molar-refractivity contribution < 1.29 is 0 Å². The number of likely N-dealkylation sites (tertiary alicyclic amines) is 1. The molecule has 0 radical (unpaired) electrons. The highest BCUT2D eigenvalue weighted by Crippen LogP contribution is 2.18. The molecule has 1 heterocycles. The van der Waals surface area contributed by atoms with Crippen molar-refractivity contribution in [2.45, 2.75) is 44.6 Å². The van der Waals surface area contributed by atoms with Gasteiger partial charge in [0.1, 0.15) is 0 Å². The van der Waals surface area contributed by atoms with Gasteiger partial charge in [-0.15, -0.1) is 0 Å². The van der Waals surface area contributed by atoms with E-state index >= 15 is 0 Å². The lowest BCUT2D eigenvalue weighted by Crippen LogP contribution is -2.31. The fraction of sp³-hybridized carbons (Fsp3) is 0.647. The highest BCUT2D eigenvalue weighted by molar-refractivity contribution is 5.18. The summed E-state index contributed by atoms with van der Waals surface area (Å²) < 4.78 is 0. The van der Waals surface area contributed by atoms with Crippen LogP contribution < -0.4 is 5.32 Å². The third kappa shape index (κ3) is 4.96. The Balaban J connectivity index is 1.68. The zero-order chi connectivity index (χ0) is 13.5. The van der Waals surface area contributed by atoms with Gasteiger partial charge in [-0.25, -0.2) is 0 Å². The lowest BCUT2D eigenvalue weighted by molar-refractivity contribution is 0.343. The van der Waals surface area contributed by atoms with Crippen LogP contribution in [-0.4, -0.2) is 37.6 Å². The van der Waals surface area contributed by atoms with Crippen molar-refractivity contribution in [1.29, 1.82) is 0 Å². The van der Waals surface area contributed by atoms with Gasteiger partial charge in [0.05, 0.1) is 0 Å². The Morgan fingerprint density at radius 3 is 2.79 bits per heavy atom. The molecule has 1 aliphatic rings. The van der Waals surface area contributed by atoms with Gasteiger partial charge in [0, 0.05) is 6.04 Å². The maximum absolute atomic E-state index is 3.76. The monoisotopic (exact) mass is 260 g/mol. The van der Waals surface area contributed by atoms with Crippen molar-refractivity contribution in [3.8, 4) is 0 Å². The molecule has 1 fully saturated rings. The predicted molar refractivity (Wildman–Crippen MR) is 82.6 cm³/mol. The molecule has 0 bridgehead atoms. The van der Waals surface area contributed by atoms with Crippen LogP contribution in [0.25, 0.3) is 0 Å². The Morgan fingerprint density at radius 1 is 1.21 bits per heavy atom. The number of hydrogen-bond acceptors (Lipinski definition) is 2. The van der Waals surface area contributed by atoms with Gasteiger partial charge in [-0.1, -0.05) is 37.3 Å². The zero-order valence-electron chi connectivity index (χ0n) is 12.4. The molecule has 19 heavy (non-hydrogen) atoms. The second-order valence-corrected chi connectivity index (χ2v) is 5.99. The van der Waals surface area contributed by atoms with Gasteiger partial charge in [0.2, 0.25) is 0 Å². The van der Waals surface area contributed by atoms with E-state index in [-0.39, 0.29) is 0 Å². The van der Waals surface area contributed by atoms with E-state index < -0.39 is 0 Å². The van der Waals surface area contributed by atoms with Crippen LogP contribution in [0, 0.1) is 0 Å². The molecule has 1 aliphatic heterocycles. The summed E-state index contributed by atoms with van der Waals surface area (Å²) in [5.41, 5.74) is 1.46. The van der Waals surface area contributed by atoms with E-state index in [1.54, 1.807) is 0 Å². The van der Waals surface area contributed by atoms with Crippen molar-refractivity contribution >= 4 is 0 Å². The van der Waals surface area contributed by atoms with E-state index in [1.165, 1.54) is 44.3 Å². The van der Waals surface area contributed by atoms with Crippen LogP contribution in [-0.2, 0) is 0 Å². The van der Waals surface area contributed by atoms with Crippen LogP contribution in [0.5, 0.6) is 0 Å². The molecule has 1 aromatic rings. The van der Waals surface area contributed by atoms with Gasteiger partial charge in [0.25, 0.3) is 0 Å². The molecule has 0 aromatic heterocycles. The summed E-state index contributed by atoms with van der Waals surface area (Å²) in [7, 11) is 2.24. The molecule has 2 unspecified atom stereocenters. The van der Waals surface area contributed by atoms with Gasteiger partial charge in [0.15, 0.2) is 0 Å². The molecule has 1 N–H and O–H groups in total. The van der Waals surface area contributed by atoms with Crippen LogP contribution in [0.15, 0.2) is 30.3 Å². The average Bonchev–Trinajstić information content (AvgIpc) is 2.65. The molecule has 0 saturated carbocycles. The van der Waals surface area contributed by atoms with E-state index in [0.29, 0.717) is 5.92 Å². The van der Waals surface area contributed by atoms with E-state index in [2.05, 4.69) is 54.5 Å². The van der Waals surface area contributed by atoms with Gasteiger partial charge < -0.3 is 10.2 Å². The lowest BCUT2D eigenvalue weighted by atomic mass is 9.97. The fourth-order valence-corrected chi connectivity index (χ4v) is 2.90. The number of rotatable bonds is 5. The van der Waals surface area contributed by atoms with Crippen LogP contribution in [0.4, 0.5) is 0 Å². The first-order valence-electron chi connectivity index (χ1n) is 7.72. The number of nitrogens with one attached hydrogen (secondary N) is 1. The molecular weight excluding hydrogens is 232 g/mol. The van der Waals surface area contributed by atoms with Crippen LogP contribution in [0.2, 0.25) is 0 Å². The summed E-state index contributed by atoms with van der Waals surface area (Å²) in [6.07, 6.45) is 5.21. The average molecular weight is 260 g/mol. The molecular formula is C17H28N2. The number of hydrogen-bond donors (Lipinski definition) is 1. The minimum atomic E-state index is 0.655. The van der Waals surface area contributed by atoms with Crippen LogP contribution in [0.3, 0.4) is 0 Å². The van der Waals surface area contributed by atoms with E-state index in [1.807, 2.05) is 0 Å². The SMILES string of the molecule is CC(CCNC1CCCN(C)CC1)c1ccccc1. The number of nitrogens with zero attached hydrogens (tertiary/aromatic N) is 1. The second-order valence-electron chi connectivity index (χ2n) is 5.99. The summed E-state index contributed by atoms with van der Waals surface area (Å²) in [6, 6.07) is 11.6. The van der Waals surface area contributed by atoms with Crippen molar-refractivity contribution in [3.63, 3.8) is 0 Å². The first kappa shape index (κ1) is 14.5. The van der Waals surface area contributed by atoms with Gasteiger partial charge in [-0.3, -0.25) is 0 Å². The second kappa shape index (κ2) is 7.66. The first-order chi connectivity index (χ1) is 9.25. The molecule has 106 valence electrons. The molecule has 2 nitrogen and oxygen atoms in total. The Labute approximate surface area is 118 Å². The van der Waals surface area contributed by atoms with E-state index in [4.69, 9.17) is 0 Å². The van der Waals surface area contributed by atoms with Gasteiger partial charge in [-0.2, -0.15) is 0 Å². The van der Waals surface area contributed by atoms with Crippen LogP contribution >= 0.6 is 0 Å². The van der Waals surface area contributed by atoms with Crippen molar-refractivity contribution in [2.75, 3.05) is 26.7 Å². The minimum absolute atomic E-state index is 0.655. The molecule has 0 aliphatic carbocycles. The standard InChI is InChI=1S/C17H28N2/c1-15(16-7-4-3-5-8-16)10-12-18-17-9-6-13-19(2)14-11-17/h3-5,7-8,15,17-18H,6,9-14H2,1-2H3. The Bertz CT molecular complexity index is 350. The predicted octanol–water partition coefficient (Wildman–Crippen LogP) is 3.25. The minimum Gasteiger partial charge on any atom is -0.314 e. The normalized spacial score (nSPS) is 22.9. The zero-order valence-corrected chi connectivity index (χ0v) is 12.4. The maximum Gasteiger partial charge on any atom is 0.00797 e. The molecule has 2 atom stereocenters. The Hall–Kier alpha value is -0.860. The molecule has 0 spiro atoms. The van der Waals surface area contributed by atoms with Crippen LogP contribution in [0.1, 0.15) is 44.1 Å². The molecule has 0 amide bonds. The third-order valence-electron chi connectivity index (χ3n) is 4.33. The van der Waals surface area contributed by atoms with E-state index in [9.17, 15) is 0 Å². The largest absolute Gasteiger partial charge is 0.314 e. The first-order valence-corrected chi connectivity index (χ1v) is 7.72. The lowest BCUT2D eigenvalue weighted by Gasteiger charge is -2.18. The smallest absolute Gasteiger partial charge is 0.00797 e. The van der Waals surface area contributed by atoms with Crippen molar-refractivity contribution in [1.82, 2.24) is 10.2 Å². The molecule has 1 aromatic carbocycles. The molecule has 1 saturated heterocycles. The summed E-state index contributed by atoms with van der Waals surface area (Å²) in [4.78, 5) is 2.45. The van der Waals surface area contributed by atoms with Gasteiger partial charge in [-0.05, 0) is 63.8 Å². The Kier molecular flexibility index (Phi) is 5.87. The molecule has 2 heteroatoms. The highest BCUT2D eigenvalue weighted by atomic mass is 15.1. The summed E-state index contributed by atoms with van der Waals surface area (Å²) in [6.45, 7) is 5.98. The summed E-state index contributed by atoms with van der Waals surface area (Å²) in [5, 5.41) is 3.76. The van der Waals surface area contributed by atoms with Gasteiger partial charge >= 0.3 is 0 Å². The Morgan fingerprint density at radius 2 is 2.00 bits per heavy atom. The number of benzene rings is 1. The summed E-state index contributed by atoms with van der Waals surface area (Å²) in [5.74, 6) is 0.655.